The Morgan fingerprint density at radius 1 is 1.32 bits per heavy atom. The number of carboxylic acid groups (broad SMARTS) is 1. The van der Waals surface area contributed by atoms with Crippen LogP contribution in [0.25, 0.3) is 11.0 Å². The number of aryl methyl sites for hydroxylation is 1. The van der Waals surface area contributed by atoms with E-state index in [1.54, 1.807) is 6.07 Å². The summed E-state index contributed by atoms with van der Waals surface area (Å²) in [5.41, 5.74) is 2.32. The van der Waals surface area contributed by atoms with E-state index in [-0.39, 0.29) is 12.2 Å². The molecule has 0 radical (unpaired) electrons. The number of hydrogen-bond acceptors (Lipinski definition) is 3. The molecule has 2 rings (SSSR count). The number of nitrogens with zero attached hydrogens (tertiary/aromatic N) is 2. The van der Waals surface area contributed by atoms with Crippen molar-refractivity contribution in [2.45, 2.75) is 46.6 Å². The van der Waals surface area contributed by atoms with Gasteiger partial charge >= 0.3 is 5.97 Å². The number of imidazole rings is 1. The third-order valence-electron chi connectivity index (χ3n) is 3.61. The third kappa shape index (κ3) is 3.53. The van der Waals surface area contributed by atoms with Gasteiger partial charge < -0.3 is 9.67 Å². The predicted octanol–water partition coefficient (Wildman–Crippen LogP) is 3.30. The molecule has 1 aromatic heterocycles. The van der Waals surface area contributed by atoms with Gasteiger partial charge in [-0.05, 0) is 24.1 Å². The fourth-order valence-corrected chi connectivity index (χ4v) is 2.54. The molecular weight excluding hydrogens is 280 g/mol. The summed E-state index contributed by atoms with van der Waals surface area (Å²) in [4.78, 5) is 27.3. The second-order valence-electron chi connectivity index (χ2n) is 5.90. The molecule has 1 aromatic carbocycles. The SMILES string of the molecule is CCC(=O)c1ccc2c(c1)nc(CC(C)C)n2CCC(=O)O. The normalized spacial score (nSPS) is 11.3. The van der Waals surface area contributed by atoms with Crippen molar-refractivity contribution in [3.05, 3.63) is 29.6 Å². The minimum Gasteiger partial charge on any atom is -0.481 e. The van der Waals surface area contributed by atoms with E-state index >= 15 is 0 Å². The van der Waals surface area contributed by atoms with Crippen molar-refractivity contribution in [1.29, 1.82) is 0 Å². The van der Waals surface area contributed by atoms with E-state index in [1.807, 2.05) is 23.6 Å². The molecule has 0 spiro atoms. The van der Waals surface area contributed by atoms with Gasteiger partial charge in [0.05, 0.1) is 17.5 Å². The summed E-state index contributed by atoms with van der Waals surface area (Å²) in [5, 5.41) is 8.93. The van der Waals surface area contributed by atoms with E-state index in [0.29, 0.717) is 24.4 Å². The van der Waals surface area contributed by atoms with Gasteiger partial charge in [0, 0.05) is 24.9 Å². The number of fused-ring (bicyclic) bond motifs is 1. The van der Waals surface area contributed by atoms with E-state index in [0.717, 1.165) is 23.3 Å². The van der Waals surface area contributed by atoms with Gasteiger partial charge in [-0.2, -0.15) is 0 Å². The third-order valence-corrected chi connectivity index (χ3v) is 3.61. The lowest BCUT2D eigenvalue weighted by Gasteiger charge is -2.09. The highest BCUT2D eigenvalue weighted by molar-refractivity contribution is 5.98. The van der Waals surface area contributed by atoms with Crippen LogP contribution in [0.3, 0.4) is 0 Å². The second kappa shape index (κ2) is 6.73. The Kier molecular flexibility index (Phi) is 4.96. The van der Waals surface area contributed by atoms with Crippen LogP contribution >= 0.6 is 0 Å². The number of hydrogen-bond donors (Lipinski definition) is 1. The average Bonchev–Trinajstić information content (AvgIpc) is 2.79. The van der Waals surface area contributed by atoms with Gasteiger partial charge in [0.15, 0.2) is 5.78 Å². The molecule has 0 aliphatic heterocycles. The first kappa shape index (κ1) is 16.2. The highest BCUT2D eigenvalue weighted by atomic mass is 16.4. The molecule has 0 bridgehead atoms. The number of Topliss-reactive ketones (excluding diaryl/α,β-unsaturated/α-hetero) is 1. The van der Waals surface area contributed by atoms with E-state index in [1.165, 1.54) is 0 Å². The minimum absolute atomic E-state index is 0.0617. The molecule has 5 heteroatoms. The molecule has 1 N–H and O–H groups in total. The molecule has 5 nitrogen and oxygen atoms in total. The molecule has 1 heterocycles. The summed E-state index contributed by atoms with van der Waals surface area (Å²) in [6.45, 7) is 6.44. The van der Waals surface area contributed by atoms with Crippen LogP contribution in [-0.2, 0) is 17.8 Å². The fourth-order valence-electron chi connectivity index (χ4n) is 2.54. The molecule has 0 fully saturated rings. The molecule has 0 aliphatic carbocycles. The van der Waals surface area contributed by atoms with Crippen molar-refractivity contribution in [2.75, 3.05) is 0 Å². The summed E-state index contributed by atoms with van der Waals surface area (Å²) >= 11 is 0. The Labute approximate surface area is 130 Å². The van der Waals surface area contributed by atoms with Crippen molar-refractivity contribution >= 4 is 22.8 Å². The topological polar surface area (TPSA) is 72.2 Å². The highest BCUT2D eigenvalue weighted by Crippen LogP contribution is 2.21. The highest BCUT2D eigenvalue weighted by Gasteiger charge is 2.14. The van der Waals surface area contributed by atoms with E-state index < -0.39 is 5.97 Å². The number of carboxylic acids is 1. The second-order valence-corrected chi connectivity index (χ2v) is 5.90. The zero-order chi connectivity index (χ0) is 16.3. The Hall–Kier alpha value is -2.17. The largest absolute Gasteiger partial charge is 0.481 e. The smallest absolute Gasteiger partial charge is 0.305 e. The lowest BCUT2D eigenvalue weighted by Crippen LogP contribution is -2.10. The quantitative estimate of drug-likeness (QED) is 0.796. The molecule has 0 amide bonds. The van der Waals surface area contributed by atoms with Crippen LogP contribution in [-0.4, -0.2) is 26.4 Å². The Morgan fingerprint density at radius 2 is 2.05 bits per heavy atom. The van der Waals surface area contributed by atoms with Crippen LogP contribution in [0.15, 0.2) is 18.2 Å². The molecule has 118 valence electrons. The van der Waals surface area contributed by atoms with Gasteiger partial charge in [0.2, 0.25) is 0 Å². The molecular formula is C17H22N2O3. The minimum atomic E-state index is -0.824. The lowest BCUT2D eigenvalue weighted by atomic mass is 10.1. The molecule has 0 aliphatic rings. The monoisotopic (exact) mass is 302 g/mol. The first-order valence-corrected chi connectivity index (χ1v) is 7.66. The zero-order valence-corrected chi connectivity index (χ0v) is 13.3. The molecule has 2 aromatic rings. The van der Waals surface area contributed by atoms with Crippen LogP contribution in [0.4, 0.5) is 0 Å². The van der Waals surface area contributed by atoms with E-state index in [4.69, 9.17) is 5.11 Å². The zero-order valence-electron chi connectivity index (χ0n) is 13.3. The van der Waals surface area contributed by atoms with Gasteiger partial charge in [-0.25, -0.2) is 4.98 Å². The van der Waals surface area contributed by atoms with Crippen molar-refractivity contribution in [2.24, 2.45) is 5.92 Å². The number of aliphatic carboxylic acids is 1. The lowest BCUT2D eigenvalue weighted by molar-refractivity contribution is -0.137. The van der Waals surface area contributed by atoms with Gasteiger partial charge in [0.1, 0.15) is 5.82 Å². The molecule has 0 saturated heterocycles. The van der Waals surface area contributed by atoms with E-state index in [9.17, 15) is 9.59 Å². The summed E-state index contributed by atoms with van der Waals surface area (Å²) in [5.74, 6) is 0.576. The van der Waals surface area contributed by atoms with Gasteiger partial charge in [-0.1, -0.05) is 20.8 Å². The number of benzene rings is 1. The Balaban J connectivity index is 2.47. The summed E-state index contributed by atoms with van der Waals surface area (Å²) in [6.07, 6.45) is 1.31. The average molecular weight is 302 g/mol. The van der Waals surface area contributed by atoms with Gasteiger partial charge in [-0.15, -0.1) is 0 Å². The van der Waals surface area contributed by atoms with Crippen LogP contribution in [0.5, 0.6) is 0 Å². The molecule has 0 unspecified atom stereocenters. The first-order valence-electron chi connectivity index (χ1n) is 7.66. The summed E-state index contributed by atoms with van der Waals surface area (Å²) < 4.78 is 1.96. The van der Waals surface area contributed by atoms with Crippen LogP contribution in [0.1, 0.15) is 49.8 Å². The Bertz CT molecular complexity index is 701. The van der Waals surface area contributed by atoms with E-state index in [2.05, 4.69) is 18.8 Å². The summed E-state index contributed by atoms with van der Waals surface area (Å²) in [7, 11) is 0. The van der Waals surface area contributed by atoms with Gasteiger partial charge in [-0.3, -0.25) is 9.59 Å². The fraction of sp³-hybridized carbons (Fsp3) is 0.471. The van der Waals surface area contributed by atoms with Crippen molar-refractivity contribution < 1.29 is 14.7 Å². The van der Waals surface area contributed by atoms with Crippen molar-refractivity contribution in [3.8, 4) is 0 Å². The molecule has 0 saturated carbocycles. The van der Waals surface area contributed by atoms with Gasteiger partial charge in [0.25, 0.3) is 0 Å². The number of carbonyl (C=O) groups is 2. The number of carbonyl (C=O) groups excluding carboxylic acids is 1. The number of ketones is 1. The maximum atomic E-state index is 11.8. The van der Waals surface area contributed by atoms with Crippen molar-refractivity contribution in [1.82, 2.24) is 9.55 Å². The van der Waals surface area contributed by atoms with Crippen LogP contribution in [0, 0.1) is 5.92 Å². The first-order chi connectivity index (χ1) is 10.4. The maximum absolute atomic E-state index is 11.8. The Morgan fingerprint density at radius 3 is 2.64 bits per heavy atom. The molecule has 0 atom stereocenters. The number of aromatic nitrogens is 2. The van der Waals surface area contributed by atoms with Crippen LogP contribution in [0.2, 0.25) is 0 Å². The summed E-state index contributed by atoms with van der Waals surface area (Å²) in [6, 6.07) is 5.48. The predicted molar refractivity (Wildman–Crippen MR) is 85.1 cm³/mol. The molecule has 22 heavy (non-hydrogen) atoms. The number of rotatable bonds is 7. The van der Waals surface area contributed by atoms with Crippen molar-refractivity contribution in [3.63, 3.8) is 0 Å². The standard InChI is InChI=1S/C17H22N2O3/c1-4-15(20)12-5-6-14-13(10-12)18-16(9-11(2)3)19(14)8-7-17(21)22/h5-6,10-11H,4,7-9H2,1-3H3,(H,21,22). The van der Waals surface area contributed by atoms with Crippen LogP contribution < -0.4 is 0 Å². The maximum Gasteiger partial charge on any atom is 0.305 e.